The third kappa shape index (κ3) is 3.34. The zero-order valence-corrected chi connectivity index (χ0v) is 10.1. The van der Waals surface area contributed by atoms with Crippen molar-refractivity contribution in [3.63, 3.8) is 0 Å². The maximum Gasteiger partial charge on any atom is 0.234 e. The van der Waals surface area contributed by atoms with Crippen LogP contribution in [0.25, 0.3) is 0 Å². The average molecular weight is 224 g/mol. The molecule has 5 nitrogen and oxygen atoms in total. The van der Waals surface area contributed by atoms with Crippen LogP contribution in [0, 0.1) is 0 Å². The Hall–Kier alpha value is -1.36. The minimum atomic E-state index is -0.321. The predicted molar refractivity (Wildman–Crippen MR) is 63.0 cm³/mol. The van der Waals surface area contributed by atoms with E-state index < -0.39 is 0 Å². The van der Waals surface area contributed by atoms with Crippen LogP contribution in [-0.4, -0.2) is 28.8 Å². The van der Waals surface area contributed by atoms with Crippen molar-refractivity contribution in [2.75, 3.05) is 7.05 Å². The van der Waals surface area contributed by atoms with Gasteiger partial charge >= 0.3 is 0 Å². The molecule has 0 aliphatic heterocycles. The summed E-state index contributed by atoms with van der Waals surface area (Å²) >= 11 is 0. The van der Waals surface area contributed by atoms with Gasteiger partial charge in [0.15, 0.2) is 0 Å². The fourth-order valence-electron chi connectivity index (χ4n) is 1.49. The number of aromatic nitrogens is 2. The lowest BCUT2D eigenvalue weighted by Gasteiger charge is -2.11. The lowest BCUT2D eigenvalue weighted by atomic mass is 10.1. The highest BCUT2D eigenvalue weighted by Crippen LogP contribution is 2.12. The molecular weight excluding hydrogens is 204 g/mol. The van der Waals surface area contributed by atoms with Crippen molar-refractivity contribution in [2.24, 2.45) is 5.73 Å². The molecule has 0 saturated heterocycles. The summed E-state index contributed by atoms with van der Waals surface area (Å²) in [5.74, 6) is 0.156. The molecule has 0 spiro atoms. The first-order valence-corrected chi connectivity index (χ1v) is 5.53. The Labute approximate surface area is 96.0 Å². The first-order valence-electron chi connectivity index (χ1n) is 5.53. The van der Waals surface area contributed by atoms with Gasteiger partial charge in [0, 0.05) is 12.7 Å². The van der Waals surface area contributed by atoms with Crippen LogP contribution in [0.3, 0.4) is 0 Å². The van der Waals surface area contributed by atoms with Crippen molar-refractivity contribution in [3.05, 3.63) is 18.0 Å². The maximum atomic E-state index is 11.0. The van der Waals surface area contributed by atoms with E-state index in [-0.39, 0.29) is 11.9 Å². The van der Waals surface area contributed by atoms with Gasteiger partial charge in [0.2, 0.25) is 5.91 Å². The number of primary amides is 1. The van der Waals surface area contributed by atoms with Crippen LogP contribution in [0.2, 0.25) is 0 Å². The van der Waals surface area contributed by atoms with E-state index in [0.29, 0.717) is 18.9 Å². The molecule has 3 N–H and O–H groups in total. The number of likely N-dealkylation sites (N-methyl/N-ethyl adjacent to an activating group) is 1. The van der Waals surface area contributed by atoms with E-state index in [1.807, 2.05) is 17.1 Å². The molecule has 0 bridgehead atoms. The van der Waals surface area contributed by atoms with Gasteiger partial charge in [-0.25, -0.2) is 0 Å². The third-order valence-electron chi connectivity index (χ3n) is 2.66. The number of nitrogens with zero attached hydrogens (tertiary/aromatic N) is 2. The molecule has 0 fully saturated rings. The quantitative estimate of drug-likeness (QED) is 0.737. The molecular formula is C11H20N4O. The Balaban J connectivity index is 2.50. The van der Waals surface area contributed by atoms with Crippen molar-refractivity contribution in [1.29, 1.82) is 0 Å². The summed E-state index contributed by atoms with van der Waals surface area (Å²) < 4.78 is 1.85. The molecule has 0 aliphatic carbocycles. The number of rotatable bonds is 6. The zero-order valence-electron chi connectivity index (χ0n) is 10.1. The van der Waals surface area contributed by atoms with E-state index in [1.165, 1.54) is 5.56 Å². The molecule has 0 aliphatic rings. The van der Waals surface area contributed by atoms with Gasteiger partial charge in [0.1, 0.15) is 0 Å². The van der Waals surface area contributed by atoms with Crippen molar-refractivity contribution >= 4 is 5.91 Å². The number of nitrogens with one attached hydrogen (secondary N) is 1. The molecule has 1 atom stereocenters. The minimum Gasteiger partial charge on any atom is -0.368 e. The summed E-state index contributed by atoms with van der Waals surface area (Å²) in [6, 6.07) is -0.285. The Kier molecular flexibility index (Phi) is 4.49. The number of carbonyl (C=O) groups excluding carboxylic acids is 1. The predicted octanol–water partition coefficient (Wildman–Crippen LogP) is 0.470. The SMILES string of the molecule is CNC(CCn1cc(C(C)C)cn1)C(N)=O. The van der Waals surface area contributed by atoms with Crippen LogP contribution in [0.4, 0.5) is 0 Å². The number of hydrogen-bond donors (Lipinski definition) is 2. The molecule has 0 aromatic carbocycles. The molecule has 90 valence electrons. The van der Waals surface area contributed by atoms with E-state index in [9.17, 15) is 4.79 Å². The summed E-state index contributed by atoms with van der Waals surface area (Å²) in [6.07, 6.45) is 4.53. The van der Waals surface area contributed by atoms with E-state index >= 15 is 0 Å². The lowest BCUT2D eigenvalue weighted by Crippen LogP contribution is -2.39. The Bertz CT molecular complexity index is 346. The second-order valence-corrected chi connectivity index (χ2v) is 4.22. The monoisotopic (exact) mass is 224 g/mol. The lowest BCUT2D eigenvalue weighted by molar-refractivity contribution is -0.120. The van der Waals surface area contributed by atoms with Crippen molar-refractivity contribution in [2.45, 2.75) is 38.8 Å². The van der Waals surface area contributed by atoms with Gasteiger partial charge in [-0.2, -0.15) is 5.10 Å². The van der Waals surface area contributed by atoms with Gasteiger partial charge in [-0.1, -0.05) is 13.8 Å². The van der Waals surface area contributed by atoms with Crippen LogP contribution < -0.4 is 11.1 Å². The standard InChI is InChI=1S/C11H20N4O/c1-8(2)9-6-14-15(7-9)5-4-10(13-3)11(12)16/h6-8,10,13H,4-5H2,1-3H3,(H2,12,16). The molecule has 1 heterocycles. The average Bonchev–Trinajstić information content (AvgIpc) is 2.67. The van der Waals surface area contributed by atoms with Crippen LogP contribution in [0.5, 0.6) is 0 Å². The number of amides is 1. The minimum absolute atomic E-state index is 0.285. The normalized spacial score (nSPS) is 13.0. The molecule has 16 heavy (non-hydrogen) atoms. The maximum absolute atomic E-state index is 11.0. The van der Waals surface area contributed by atoms with E-state index in [0.717, 1.165) is 0 Å². The van der Waals surface area contributed by atoms with Crippen molar-refractivity contribution in [1.82, 2.24) is 15.1 Å². The second kappa shape index (κ2) is 5.65. The Morgan fingerprint density at radius 2 is 2.31 bits per heavy atom. The number of aryl methyl sites for hydroxylation is 1. The molecule has 1 amide bonds. The van der Waals surface area contributed by atoms with Crippen LogP contribution in [0.1, 0.15) is 31.7 Å². The first kappa shape index (κ1) is 12.7. The molecule has 0 saturated carbocycles. The largest absolute Gasteiger partial charge is 0.368 e. The van der Waals surface area contributed by atoms with Crippen molar-refractivity contribution < 1.29 is 4.79 Å². The summed E-state index contributed by atoms with van der Waals surface area (Å²) in [5, 5.41) is 7.13. The van der Waals surface area contributed by atoms with Crippen LogP contribution in [0.15, 0.2) is 12.4 Å². The second-order valence-electron chi connectivity index (χ2n) is 4.22. The van der Waals surface area contributed by atoms with Crippen LogP contribution >= 0.6 is 0 Å². The van der Waals surface area contributed by atoms with Gasteiger partial charge < -0.3 is 11.1 Å². The summed E-state index contributed by atoms with van der Waals surface area (Å²) in [7, 11) is 1.73. The highest BCUT2D eigenvalue weighted by Gasteiger charge is 2.12. The van der Waals surface area contributed by atoms with Gasteiger partial charge in [-0.05, 0) is 24.9 Å². The van der Waals surface area contributed by atoms with Gasteiger partial charge in [-0.15, -0.1) is 0 Å². The fourth-order valence-corrected chi connectivity index (χ4v) is 1.49. The molecule has 1 aromatic rings. The topological polar surface area (TPSA) is 72.9 Å². The van der Waals surface area contributed by atoms with E-state index in [2.05, 4.69) is 24.3 Å². The van der Waals surface area contributed by atoms with Crippen LogP contribution in [-0.2, 0) is 11.3 Å². The highest BCUT2D eigenvalue weighted by atomic mass is 16.1. The van der Waals surface area contributed by atoms with Gasteiger partial charge in [-0.3, -0.25) is 9.48 Å². The number of hydrogen-bond acceptors (Lipinski definition) is 3. The smallest absolute Gasteiger partial charge is 0.234 e. The molecule has 0 radical (unpaired) electrons. The zero-order chi connectivity index (χ0) is 12.1. The first-order chi connectivity index (χ1) is 7.54. The third-order valence-corrected chi connectivity index (χ3v) is 2.66. The Morgan fingerprint density at radius 3 is 2.75 bits per heavy atom. The summed E-state index contributed by atoms with van der Waals surface area (Å²) in [6.45, 7) is 4.95. The van der Waals surface area contributed by atoms with E-state index in [4.69, 9.17) is 5.73 Å². The molecule has 5 heteroatoms. The van der Waals surface area contributed by atoms with Gasteiger partial charge in [0.05, 0.1) is 12.2 Å². The summed E-state index contributed by atoms with van der Waals surface area (Å²) in [5.41, 5.74) is 6.44. The number of nitrogens with two attached hydrogens (primary N) is 1. The number of carbonyl (C=O) groups is 1. The van der Waals surface area contributed by atoms with E-state index in [1.54, 1.807) is 7.05 Å². The molecule has 1 unspecified atom stereocenters. The summed E-state index contributed by atoms with van der Waals surface area (Å²) in [4.78, 5) is 11.0. The van der Waals surface area contributed by atoms with Crippen molar-refractivity contribution in [3.8, 4) is 0 Å². The highest BCUT2D eigenvalue weighted by molar-refractivity contribution is 5.79. The van der Waals surface area contributed by atoms with Gasteiger partial charge in [0.25, 0.3) is 0 Å². The fraction of sp³-hybridized carbons (Fsp3) is 0.636. The molecule has 1 aromatic heterocycles. The molecule has 1 rings (SSSR count). The Morgan fingerprint density at radius 1 is 1.62 bits per heavy atom.